The van der Waals surface area contributed by atoms with Crippen molar-refractivity contribution in [3.05, 3.63) is 41.7 Å². The molecule has 0 fully saturated rings. The number of halogens is 1. The summed E-state index contributed by atoms with van der Waals surface area (Å²) in [5.41, 5.74) is 8.39. The number of anilines is 1. The molecule has 3 aromatic rings. The van der Waals surface area contributed by atoms with Crippen molar-refractivity contribution >= 4 is 28.4 Å². The Morgan fingerprint density at radius 1 is 1.18 bits per heavy atom. The molecule has 5 heteroatoms. The van der Waals surface area contributed by atoms with E-state index in [1.807, 2.05) is 6.07 Å². The van der Waals surface area contributed by atoms with Crippen LogP contribution in [0.1, 0.15) is 0 Å². The smallest absolute Gasteiger partial charge is 0.228 e. The summed E-state index contributed by atoms with van der Waals surface area (Å²) in [5.74, 6) is 0.488. The fourth-order valence-corrected chi connectivity index (χ4v) is 1.76. The highest BCUT2D eigenvalue weighted by molar-refractivity contribution is 6.31. The molecule has 2 aromatic heterocycles. The first-order valence-corrected chi connectivity index (χ1v) is 5.37. The summed E-state index contributed by atoms with van der Waals surface area (Å²) in [6.07, 6.45) is 3.23. The minimum absolute atomic E-state index is 0.488. The number of oxazole rings is 1. The van der Waals surface area contributed by atoms with Crippen LogP contribution < -0.4 is 5.73 Å². The molecule has 0 saturated heterocycles. The van der Waals surface area contributed by atoms with Gasteiger partial charge in [0.05, 0.1) is 11.3 Å². The van der Waals surface area contributed by atoms with E-state index in [1.54, 1.807) is 30.6 Å². The van der Waals surface area contributed by atoms with Gasteiger partial charge in [0.1, 0.15) is 5.52 Å². The van der Waals surface area contributed by atoms with Gasteiger partial charge >= 0.3 is 0 Å². The lowest BCUT2D eigenvalue weighted by Crippen LogP contribution is -1.87. The number of rotatable bonds is 1. The SMILES string of the molecule is Nc1cncc(-c2nc3ccc(Cl)cc3o2)c1. The van der Waals surface area contributed by atoms with Crippen LogP contribution >= 0.6 is 11.6 Å². The molecule has 3 rings (SSSR count). The number of hydrogen-bond donors (Lipinski definition) is 1. The van der Waals surface area contributed by atoms with Crippen molar-refractivity contribution in [2.24, 2.45) is 0 Å². The lowest BCUT2D eigenvalue weighted by molar-refractivity contribution is 0.619. The van der Waals surface area contributed by atoms with Gasteiger partial charge < -0.3 is 10.2 Å². The molecular weight excluding hydrogens is 238 g/mol. The van der Waals surface area contributed by atoms with Gasteiger partial charge in [-0.05, 0) is 18.2 Å². The van der Waals surface area contributed by atoms with Crippen molar-refractivity contribution in [3.8, 4) is 11.5 Å². The van der Waals surface area contributed by atoms with Crippen LogP contribution in [0, 0.1) is 0 Å². The second kappa shape index (κ2) is 3.75. The fourth-order valence-electron chi connectivity index (χ4n) is 1.60. The van der Waals surface area contributed by atoms with Gasteiger partial charge in [0.15, 0.2) is 5.58 Å². The van der Waals surface area contributed by atoms with Crippen molar-refractivity contribution in [1.29, 1.82) is 0 Å². The first kappa shape index (κ1) is 10.1. The number of benzene rings is 1. The molecule has 0 atom stereocenters. The number of pyridine rings is 1. The van der Waals surface area contributed by atoms with Crippen molar-refractivity contribution in [1.82, 2.24) is 9.97 Å². The average Bonchev–Trinajstić information content (AvgIpc) is 2.72. The number of nitrogens with two attached hydrogens (primary N) is 1. The zero-order valence-corrected chi connectivity index (χ0v) is 9.48. The molecule has 0 aliphatic carbocycles. The maximum atomic E-state index is 5.88. The molecule has 2 heterocycles. The van der Waals surface area contributed by atoms with Crippen LogP contribution in [-0.2, 0) is 0 Å². The molecule has 84 valence electrons. The molecule has 2 N–H and O–H groups in total. The minimum atomic E-state index is 0.488. The van der Waals surface area contributed by atoms with Gasteiger partial charge in [-0.3, -0.25) is 4.98 Å². The van der Waals surface area contributed by atoms with E-state index in [0.29, 0.717) is 22.2 Å². The summed E-state index contributed by atoms with van der Waals surface area (Å²) in [4.78, 5) is 8.34. The topological polar surface area (TPSA) is 64.9 Å². The molecule has 0 radical (unpaired) electrons. The summed E-state index contributed by atoms with van der Waals surface area (Å²) >= 11 is 5.88. The van der Waals surface area contributed by atoms with Crippen molar-refractivity contribution in [3.63, 3.8) is 0 Å². The van der Waals surface area contributed by atoms with E-state index in [0.717, 1.165) is 11.1 Å². The lowest BCUT2D eigenvalue weighted by atomic mass is 10.2. The van der Waals surface area contributed by atoms with E-state index in [-0.39, 0.29) is 0 Å². The van der Waals surface area contributed by atoms with Crippen LogP contribution in [0.3, 0.4) is 0 Å². The first-order chi connectivity index (χ1) is 8.22. The first-order valence-electron chi connectivity index (χ1n) is 4.99. The molecule has 0 unspecified atom stereocenters. The Hall–Kier alpha value is -2.07. The largest absolute Gasteiger partial charge is 0.436 e. The summed E-state index contributed by atoms with van der Waals surface area (Å²) in [6.45, 7) is 0. The Labute approximate surface area is 102 Å². The highest BCUT2D eigenvalue weighted by Crippen LogP contribution is 2.26. The zero-order chi connectivity index (χ0) is 11.8. The monoisotopic (exact) mass is 245 g/mol. The fraction of sp³-hybridized carbons (Fsp3) is 0. The van der Waals surface area contributed by atoms with Crippen LogP contribution in [0.25, 0.3) is 22.6 Å². The lowest BCUT2D eigenvalue weighted by Gasteiger charge is -1.95. The third kappa shape index (κ3) is 1.83. The zero-order valence-electron chi connectivity index (χ0n) is 8.72. The second-order valence-corrected chi connectivity index (χ2v) is 4.07. The highest BCUT2D eigenvalue weighted by Gasteiger charge is 2.08. The summed E-state index contributed by atoms with van der Waals surface area (Å²) < 4.78 is 5.60. The third-order valence-electron chi connectivity index (χ3n) is 2.36. The number of aromatic nitrogens is 2. The molecule has 0 spiro atoms. The standard InChI is InChI=1S/C12H8ClN3O/c13-8-1-2-10-11(4-8)17-12(16-10)7-3-9(14)6-15-5-7/h1-6H,14H2. The molecule has 4 nitrogen and oxygen atoms in total. The van der Waals surface area contributed by atoms with Gasteiger partial charge in [-0.2, -0.15) is 0 Å². The highest BCUT2D eigenvalue weighted by atomic mass is 35.5. The quantitative estimate of drug-likeness (QED) is 0.715. The molecule has 17 heavy (non-hydrogen) atoms. The predicted molar refractivity (Wildman–Crippen MR) is 66.7 cm³/mol. The van der Waals surface area contributed by atoms with Crippen molar-refractivity contribution in [2.45, 2.75) is 0 Å². The Morgan fingerprint density at radius 3 is 2.88 bits per heavy atom. The van der Waals surface area contributed by atoms with Gasteiger partial charge in [-0.15, -0.1) is 0 Å². The molecule has 0 aliphatic heterocycles. The van der Waals surface area contributed by atoms with Gasteiger partial charge in [0, 0.05) is 23.5 Å². The number of nitrogens with zero attached hydrogens (tertiary/aromatic N) is 2. The Kier molecular flexibility index (Phi) is 2.23. The number of hydrogen-bond acceptors (Lipinski definition) is 4. The van der Waals surface area contributed by atoms with Crippen molar-refractivity contribution < 1.29 is 4.42 Å². The third-order valence-corrected chi connectivity index (χ3v) is 2.59. The molecule has 0 bridgehead atoms. The molecule has 0 saturated carbocycles. The van der Waals surface area contributed by atoms with Crippen LogP contribution in [0.15, 0.2) is 41.1 Å². The van der Waals surface area contributed by atoms with E-state index in [4.69, 9.17) is 21.8 Å². The molecule has 1 aromatic carbocycles. The number of nitrogen functional groups attached to an aromatic ring is 1. The van der Waals surface area contributed by atoms with Crippen LogP contribution in [0.4, 0.5) is 5.69 Å². The molecule has 0 amide bonds. The van der Waals surface area contributed by atoms with E-state index in [1.165, 1.54) is 0 Å². The normalized spacial score (nSPS) is 10.9. The van der Waals surface area contributed by atoms with Gasteiger partial charge in [-0.1, -0.05) is 11.6 Å². The Bertz CT molecular complexity index is 693. The predicted octanol–water partition coefficient (Wildman–Crippen LogP) is 3.13. The summed E-state index contributed by atoms with van der Waals surface area (Å²) in [7, 11) is 0. The van der Waals surface area contributed by atoms with Crippen LogP contribution in [0.2, 0.25) is 5.02 Å². The van der Waals surface area contributed by atoms with Crippen molar-refractivity contribution in [2.75, 3.05) is 5.73 Å². The van der Waals surface area contributed by atoms with E-state index < -0.39 is 0 Å². The van der Waals surface area contributed by atoms with Gasteiger partial charge in [0.25, 0.3) is 0 Å². The molecule has 0 aliphatic rings. The number of fused-ring (bicyclic) bond motifs is 1. The van der Waals surface area contributed by atoms with Gasteiger partial charge in [0.2, 0.25) is 5.89 Å². The van der Waals surface area contributed by atoms with Crippen LogP contribution in [0.5, 0.6) is 0 Å². The Balaban J connectivity index is 2.18. The van der Waals surface area contributed by atoms with E-state index in [2.05, 4.69) is 9.97 Å². The van der Waals surface area contributed by atoms with Gasteiger partial charge in [-0.25, -0.2) is 4.98 Å². The minimum Gasteiger partial charge on any atom is -0.436 e. The van der Waals surface area contributed by atoms with E-state index in [9.17, 15) is 0 Å². The maximum Gasteiger partial charge on any atom is 0.228 e. The Morgan fingerprint density at radius 2 is 2.06 bits per heavy atom. The summed E-state index contributed by atoms with van der Waals surface area (Å²) in [6, 6.07) is 7.07. The van der Waals surface area contributed by atoms with Crippen LogP contribution in [-0.4, -0.2) is 9.97 Å². The van der Waals surface area contributed by atoms with E-state index >= 15 is 0 Å². The second-order valence-electron chi connectivity index (χ2n) is 3.64. The maximum absolute atomic E-state index is 5.88. The summed E-state index contributed by atoms with van der Waals surface area (Å²) in [5, 5.41) is 0.617. The molecular formula is C12H8ClN3O. The average molecular weight is 246 g/mol.